The van der Waals surface area contributed by atoms with Gasteiger partial charge in [0.15, 0.2) is 0 Å². The summed E-state index contributed by atoms with van der Waals surface area (Å²) >= 11 is 0. The van der Waals surface area contributed by atoms with Gasteiger partial charge in [0.2, 0.25) is 0 Å². The zero-order chi connectivity index (χ0) is 12.8. The van der Waals surface area contributed by atoms with Crippen molar-refractivity contribution in [3.8, 4) is 5.75 Å². The fourth-order valence-corrected chi connectivity index (χ4v) is 1.93. The Bertz CT molecular complexity index is 567. The van der Waals surface area contributed by atoms with Crippen molar-refractivity contribution < 1.29 is 6.16 Å². The lowest BCUT2D eigenvalue weighted by Crippen LogP contribution is -2.12. The van der Waals surface area contributed by atoms with Crippen molar-refractivity contribution in [1.29, 1.82) is 0 Å². The number of rotatable bonds is 3. The lowest BCUT2D eigenvalue weighted by molar-refractivity contribution is 0.300. The summed E-state index contributed by atoms with van der Waals surface area (Å²) in [6.45, 7) is 7.34. The molecule has 0 unspecified atom stereocenters. The predicted octanol–water partition coefficient (Wildman–Crippen LogP) is 3.90. The van der Waals surface area contributed by atoms with Gasteiger partial charge in [-0.15, -0.1) is 0 Å². The topological polar surface area (TPSA) is 37.9 Å². The highest BCUT2D eigenvalue weighted by Crippen LogP contribution is 2.30. The number of aromatic amines is 1. The van der Waals surface area contributed by atoms with E-state index in [0.717, 1.165) is 35.1 Å². The van der Waals surface area contributed by atoms with Gasteiger partial charge in [-0.2, -0.15) is 0 Å². The van der Waals surface area contributed by atoms with E-state index < -0.39 is 0 Å². The van der Waals surface area contributed by atoms with E-state index >= 15 is 0 Å². The molecule has 0 radical (unpaired) electrons. The first kappa shape index (κ1) is 11.6. The second-order valence-corrected chi connectivity index (χ2v) is 6.27. The molecule has 0 saturated heterocycles. The minimum absolute atomic E-state index is 0. The minimum atomic E-state index is 0. The average molecular weight is 246 g/mol. The lowest BCUT2D eigenvalue weighted by atomic mass is 9.96. The molecular weight excluding hydrogens is 224 g/mol. The maximum atomic E-state index is 5.79. The smallest absolute Gasteiger partial charge is 0.121 e. The maximum absolute atomic E-state index is 5.79. The van der Waals surface area contributed by atoms with Gasteiger partial charge < -0.3 is 9.72 Å². The molecule has 1 N–H and O–H groups in total. The largest absolute Gasteiger partial charge is 0.493 e. The van der Waals surface area contributed by atoms with Crippen LogP contribution in [0.1, 0.15) is 40.9 Å². The summed E-state index contributed by atoms with van der Waals surface area (Å²) in [5.74, 6) is 2.75. The van der Waals surface area contributed by atoms with Gasteiger partial charge in [-0.05, 0) is 30.9 Å². The van der Waals surface area contributed by atoms with Gasteiger partial charge in [0.05, 0.1) is 17.6 Å². The Hall–Kier alpha value is -1.51. The molecule has 1 aromatic carbocycles. The molecule has 3 rings (SSSR count). The number of hydrogen-bond acceptors (Lipinski definition) is 2. The highest BCUT2D eigenvalue weighted by Gasteiger charge is 2.22. The van der Waals surface area contributed by atoms with Crippen LogP contribution in [0, 0.1) is 5.92 Å². The molecule has 1 aliphatic carbocycles. The molecule has 1 aromatic heterocycles. The monoisotopic (exact) mass is 246 g/mol. The minimum Gasteiger partial charge on any atom is -0.493 e. The second kappa shape index (κ2) is 4.01. The molecule has 98 valence electrons. The first-order chi connectivity index (χ1) is 8.52. The number of imidazole rings is 1. The van der Waals surface area contributed by atoms with Crippen LogP contribution in [0.3, 0.4) is 0 Å². The van der Waals surface area contributed by atoms with Crippen LogP contribution in [-0.4, -0.2) is 16.6 Å². The fourth-order valence-electron chi connectivity index (χ4n) is 1.93. The number of H-pyrrole nitrogens is 1. The van der Waals surface area contributed by atoms with Crippen LogP contribution in [0.2, 0.25) is 0 Å². The Balaban J connectivity index is 0.00000133. The van der Waals surface area contributed by atoms with Crippen LogP contribution in [0.4, 0.5) is 0 Å². The van der Waals surface area contributed by atoms with E-state index in [0.29, 0.717) is 0 Å². The van der Waals surface area contributed by atoms with Crippen molar-refractivity contribution in [3.63, 3.8) is 0 Å². The van der Waals surface area contributed by atoms with Gasteiger partial charge in [0, 0.05) is 12.9 Å². The summed E-state index contributed by atoms with van der Waals surface area (Å²) in [5.41, 5.74) is 2.13. The van der Waals surface area contributed by atoms with Crippen LogP contribution in [0.5, 0.6) is 5.75 Å². The molecule has 1 fully saturated rings. The Morgan fingerprint density at radius 2 is 2.17 bits per heavy atom. The van der Waals surface area contributed by atoms with Crippen LogP contribution in [0.25, 0.3) is 11.0 Å². The Morgan fingerprint density at radius 1 is 1.39 bits per heavy atom. The van der Waals surface area contributed by atoms with Gasteiger partial charge in [0.1, 0.15) is 11.6 Å². The molecule has 0 atom stereocenters. The van der Waals surface area contributed by atoms with E-state index in [9.17, 15) is 0 Å². The summed E-state index contributed by atoms with van der Waals surface area (Å²) in [6.07, 6.45) is 2.64. The van der Waals surface area contributed by atoms with Crippen molar-refractivity contribution in [3.05, 3.63) is 24.0 Å². The third-order valence-electron chi connectivity index (χ3n) is 3.35. The quantitative estimate of drug-likeness (QED) is 0.892. The lowest BCUT2D eigenvalue weighted by Gasteiger charge is -2.13. The summed E-state index contributed by atoms with van der Waals surface area (Å²) in [6, 6.07) is 6.10. The molecule has 1 aliphatic rings. The third kappa shape index (κ3) is 2.35. The molecule has 1 heterocycles. The molecule has 0 spiro atoms. The highest BCUT2D eigenvalue weighted by atomic mass is 16.5. The van der Waals surface area contributed by atoms with E-state index in [1.165, 1.54) is 12.8 Å². The standard InChI is InChI=1S/C15H20N2O.H2/c1-15(2,3)14-16-12-7-6-11(8-13(12)17-14)18-9-10-4-5-10;/h6-8,10H,4-5,9H2,1-3H3,(H,16,17);1H. The molecule has 3 heteroatoms. The molecule has 2 aromatic rings. The number of ether oxygens (including phenoxy) is 1. The van der Waals surface area contributed by atoms with Crippen LogP contribution in [-0.2, 0) is 5.41 Å². The first-order valence-electron chi connectivity index (χ1n) is 6.65. The number of hydrogen-bond donors (Lipinski definition) is 1. The number of fused-ring (bicyclic) bond motifs is 1. The number of nitrogens with one attached hydrogen (secondary N) is 1. The highest BCUT2D eigenvalue weighted by molar-refractivity contribution is 5.77. The van der Waals surface area contributed by atoms with Gasteiger partial charge in [-0.1, -0.05) is 20.8 Å². The van der Waals surface area contributed by atoms with Gasteiger partial charge >= 0.3 is 0 Å². The van der Waals surface area contributed by atoms with Crippen LogP contribution in [0.15, 0.2) is 18.2 Å². The van der Waals surface area contributed by atoms with Crippen molar-refractivity contribution in [1.82, 2.24) is 9.97 Å². The van der Waals surface area contributed by atoms with Gasteiger partial charge in [-0.25, -0.2) is 4.98 Å². The zero-order valence-electron chi connectivity index (χ0n) is 11.3. The summed E-state index contributed by atoms with van der Waals surface area (Å²) in [4.78, 5) is 8.01. The molecular formula is C15H22N2O. The Morgan fingerprint density at radius 3 is 2.83 bits per heavy atom. The van der Waals surface area contributed by atoms with E-state index in [1.807, 2.05) is 12.1 Å². The molecule has 3 nitrogen and oxygen atoms in total. The Labute approximate surface area is 109 Å². The normalized spacial score (nSPS) is 16.2. The van der Waals surface area contributed by atoms with Crippen molar-refractivity contribution in [2.24, 2.45) is 5.92 Å². The van der Waals surface area contributed by atoms with Crippen molar-refractivity contribution >= 4 is 11.0 Å². The summed E-state index contributed by atoms with van der Waals surface area (Å²) < 4.78 is 5.79. The molecule has 0 bridgehead atoms. The van der Waals surface area contributed by atoms with Crippen LogP contribution >= 0.6 is 0 Å². The first-order valence-corrected chi connectivity index (χ1v) is 6.65. The molecule has 18 heavy (non-hydrogen) atoms. The van der Waals surface area contributed by atoms with Gasteiger partial charge in [-0.3, -0.25) is 0 Å². The fraction of sp³-hybridized carbons (Fsp3) is 0.533. The molecule has 0 amide bonds. The number of aromatic nitrogens is 2. The number of benzene rings is 1. The summed E-state index contributed by atoms with van der Waals surface area (Å²) in [7, 11) is 0. The van der Waals surface area contributed by atoms with E-state index in [1.54, 1.807) is 0 Å². The van der Waals surface area contributed by atoms with Crippen molar-refractivity contribution in [2.75, 3.05) is 6.61 Å². The van der Waals surface area contributed by atoms with E-state index in [4.69, 9.17) is 4.74 Å². The van der Waals surface area contributed by atoms with Crippen molar-refractivity contribution in [2.45, 2.75) is 39.0 Å². The summed E-state index contributed by atoms with van der Waals surface area (Å²) in [5, 5.41) is 0. The Kier molecular flexibility index (Phi) is 2.58. The second-order valence-electron chi connectivity index (χ2n) is 6.27. The number of nitrogens with zero attached hydrogens (tertiary/aromatic N) is 1. The SMILES string of the molecule is CC(C)(C)c1nc2ccc(OCC3CC3)cc2[nH]1.[HH]. The third-order valence-corrected chi connectivity index (χ3v) is 3.35. The molecule has 1 saturated carbocycles. The van der Waals surface area contributed by atoms with E-state index in [2.05, 4.69) is 36.8 Å². The predicted molar refractivity (Wildman–Crippen MR) is 75.1 cm³/mol. The zero-order valence-corrected chi connectivity index (χ0v) is 11.3. The van der Waals surface area contributed by atoms with Gasteiger partial charge in [0.25, 0.3) is 0 Å². The maximum Gasteiger partial charge on any atom is 0.121 e. The average Bonchev–Trinajstić information content (AvgIpc) is 3.02. The van der Waals surface area contributed by atoms with E-state index in [-0.39, 0.29) is 6.84 Å². The molecule has 0 aliphatic heterocycles. The van der Waals surface area contributed by atoms with Crippen LogP contribution < -0.4 is 4.74 Å².